The number of aromatic carboxylic acids is 1. The average molecular weight is 1520 g/mol. The fourth-order valence-electron chi connectivity index (χ4n) is 10.7. The Morgan fingerprint density at radius 2 is 1.39 bits per heavy atom. The molecule has 15 N–H and O–H groups in total. The molecular formula is C49H60N8O32P6S2. The third-order valence-electron chi connectivity index (χ3n) is 14.1. The van der Waals surface area contributed by atoms with Gasteiger partial charge in [-0.05, 0) is 73.7 Å². The van der Waals surface area contributed by atoms with Crippen LogP contribution in [0.2, 0.25) is 0 Å². The van der Waals surface area contributed by atoms with Crippen LogP contribution >= 0.6 is 46.9 Å². The van der Waals surface area contributed by atoms with E-state index in [9.17, 15) is 107 Å². The lowest BCUT2D eigenvalue weighted by atomic mass is 9.84. The van der Waals surface area contributed by atoms with Crippen molar-refractivity contribution in [2.75, 3.05) is 42.3 Å². The van der Waals surface area contributed by atoms with Gasteiger partial charge in [0.05, 0.1) is 64.2 Å². The summed E-state index contributed by atoms with van der Waals surface area (Å²) in [7, 11) is -47.1. The maximum absolute atomic E-state index is 13.6. The highest BCUT2D eigenvalue weighted by atomic mass is 32.2. The van der Waals surface area contributed by atoms with E-state index in [1.165, 1.54) is 28.8 Å². The molecule has 1 amide bonds. The summed E-state index contributed by atoms with van der Waals surface area (Å²) < 4.78 is 187. The van der Waals surface area contributed by atoms with Gasteiger partial charge < -0.3 is 70.0 Å². The van der Waals surface area contributed by atoms with Gasteiger partial charge in [0.15, 0.2) is 16.7 Å². The number of carboxylic acid groups (broad SMARTS) is 1. The molecule has 530 valence electrons. The zero-order valence-corrected chi connectivity index (χ0v) is 57.4. The predicted octanol–water partition coefficient (Wildman–Crippen LogP) is 2.01. The number of phosphoric acid groups is 6. The standard InChI is InChI=1S/C49H60N8O32P6S2/c1-48(2)19-26(22-96(75,76)77)29-14-32-37(16-34(29)55-48)83-38-17-35-30(27(23-97(78,79)80)20-49(3,4)56-35)15-33(38)41(32)28-10-9-25(13-31(28)46(61)62)44(59)51-11-7-5-6-8-12-81-90(63,64)85-92(67,68)87-94(71,72)89-95(73,74)88-93(69,70)86-91(65,66)82-21-39-36(58)18-40(84-39)57-24-52-42-43(57)53-47(50)54-45(42)60/h9-10,13-17,19-20,24,36,39-40,55,58H,5-8,11-12,18,21-23H2,1-4H3,(H,51,59)(H,61,62)(H,63,64)(H,65,66)(H,67,68)(H,69,70)(H,71,72)(H,73,74)(H,75,76,77)(H,78,79,80)(H3,50,53,54,60)/t36-,39+,40+/m0/s1. The lowest BCUT2D eigenvalue weighted by molar-refractivity contribution is -0.568. The van der Waals surface area contributed by atoms with E-state index in [-0.39, 0.29) is 117 Å². The van der Waals surface area contributed by atoms with Gasteiger partial charge in [-0.3, -0.25) is 32.7 Å². The number of H-pyrrole nitrogens is 1. The molecule has 0 radical (unpaired) electrons. The van der Waals surface area contributed by atoms with E-state index in [1.807, 2.05) is 0 Å². The van der Waals surface area contributed by atoms with Crippen molar-refractivity contribution in [3.63, 3.8) is 0 Å². The van der Waals surface area contributed by atoms with Gasteiger partial charge in [0.25, 0.3) is 21.6 Å². The molecular weight excluding hydrogens is 1460 g/mol. The molecule has 6 unspecified atom stereocenters. The maximum atomic E-state index is 13.6. The minimum absolute atomic E-state index is 0.000435. The van der Waals surface area contributed by atoms with E-state index in [1.54, 1.807) is 52.0 Å². The molecule has 0 saturated carbocycles. The first-order valence-corrected chi connectivity index (χ1v) is 40.1. The first-order chi connectivity index (χ1) is 44.6. The number of carbonyl (C=O) groups excluding carboxylic acids is 1. The Bertz CT molecular complexity index is 4890. The molecule has 1 saturated heterocycles. The SMILES string of the molecule is CC1(C)C=C(CS(=O)(=O)[O-])c2cc3c(cc2N1)Oc1cc2c(cc1=C3c1ccc(C(=O)NCCCCCCOP(=O)(O)OP(=O)(O)OP(=O)(O)OP(=O)(O)OP(=O)(O)OP(=O)(O)OC[C@H]3O[C@@H](n4cnc5c(=O)[nH]c(N)nc54)C[C@@H]3O)cc1C(=O)O)C(CS(=O)(=O)O)=CC(C)(C)[NH+]=2. The molecule has 40 nitrogen and oxygen atoms in total. The number of nitrogen functional groups attached to an aromatic ring is 1. The van der Waals surface area contributed by atoms with Crippen molar-refractivity contribution in [2.24, 2.45) is 0 Å². The molecule has 9 atom stereocenters. The molecule has 2 aromatic heterocycles. The van der Waals surface area contributed by atoms with Crippen molar-refractivity contribution in [1.82, 2.24) is 24.8 Å². The molecule has 4 aliphatic heterocycles. The third-order valence-corrected chi connectivity index (χ3v) is 24.7. The summed E-state index contributed by atoms with van der Waals surface area (Å²) in [5, 5.41) is 27.8. The van der Waals surface area contributed by atoms with Crippen molar-refractivity contribution in [1.29, 1.82) is 0 Å². The zero-order valence-electron chi connectivity index (χ0n) is 50.4. The normalized spacial score (nSPS) is 21.7. The summed E-state index contributed by atoms with van der Waals surface area (Å²) in [5.74, 6) is -4.01. The Morgan fingerprint density at radius 1 is 0.784 bits per heavy atom. The molecule has 0 spiro atoms. The number of fused-ring (bicyclic) bond motifs is 5. The number of hydrogen-bond acceptors (Lipinski definition) is 28. The number of unbranched alkanes of at least 4 members (excludes halogenated alkanes) is 3. The van der Waals surface area contributed by atoms with Gasteiger partial charge in [-0.25, -0.2) is 50.6 Å². The number of ether oxygens (including phenoxy) is 2. The second-order valence-corrected chi connectivity index (χ2v) is 35.3. The van der Waals surface area contributed by atoms with Crippen LogP contribution in [0.3, 0.4) is 0 Å². The first-order valence-electron chi connectivity index (χ1n) is 27.9. The van der Waals surface area contributed by atoms with Gasteiger partial charge in [0, 0.05) is 66.0 Å². The summed E-state index contributed by atoms with van der Waals surface area (Å²) in [6, 6.07) is 9.92. The number of aliphatic hydroxyl groups is 1. The minimum atomic E-state index is -6.60. The molecule has 4 aliphatic rings. The number of carboxylic acids is 1. The Labute approximate surface area is 547 Å². The van der Waals surface area contributed by atoms with Crippen molar-refractivity contribution in [3.05, 3.63) is 115 Å². The molecule has 0 bridgehead atoms. The predicted molar refractivity (Wildman–Crippen MR) is 330 cm³/mol. The minimum Gasteiger partial charge on any atom is -0.748 e. The van der Waals surface area contributed by atoms with Gasteiger partial charge in [0.1, 0.15) is 29.6 Å². The molecule has 5 aromatic rings. The molecule has 48 heteroatoms. The Hall–Kier alpha value is -5.90. The Kier molecular flexibility index (Phi) is 21.4. The third kappa shape index (κ3) is 19.4. The molecule has 97 heavy (non-hydrogen) atoms. The van der Waals surface area contributed by atoms with Crippen molar-refractivity contribution >= 4 is 119 Å². The van der Waals surface area contributed by atoms with Gasteiger partial charge >= 0.3 is 52.9 Å². The highest BCUT2D eigenvalue weighted by Crippen LogP contribution is 2.75. The van der Waals surface area contributed by atoms with Crippen LogP contribution in [0.4, 0.5) is 11.6 Å². The van der Waals surface area contributed by atoms with Crippen LogP contribution in [0.5, 0.6) is 11.5 Å². The monoisotopic (exact) mass is 1520 g/mol. The summed E-state index contributed by atoms with van der Waals surface area (Å²) in [6.45, 7) is 5.09. The number of nitrogens with zero attached hydrogens (tertiary/aromatic N) is 3. The van der Waals surface area contributed by atoms with E-state index in [0.29, 0.717) is 11.0 Å². The number of phosphoric ester groups is 2. The van der Waals surface area contributed by atoms with Crippen LogP contribution in [0, 0.1) is 0 Å². The number of imidazole rings is 1. The van der Waals surface area contributed by atoms with Crippen molar-refractivity contribution in [2.45, 2.75) is 89.3 Å². The van der Waals surface area contributed by atoms with Gasteiger partial charge in [-0.1, -0.05) is 25.0 Å². The summed E-state index contributed by atoms with van der Waals surface area (Å²) in [6.07, 6.45) is 0.298. The maximum Gasteiger partial charge on any atom is 0.490 e. The fourth-order valence-corrected chi connectivity index (χ4v) is 19.8. The number of aromatic nitrogens is 4. The summed E-state index contributed by atoms with van der Waals surface area (Å²) in [5.41, 5.74) is 3.86. The van der Waals surface area contributed by atoms with Gasteiger partial charge in [0.2, 0.25) is 11.3 Å². The fraction of sp³-hybridized carbons (Fsp3) is 0.388. The highest BCUT2D eigenvalue weighted by Gasteiger charge is 2.50. The second-order valence-electron chi connectivity index (χ2n) is 23.0. The van der Waals surface area contributed by atoms with E-state index < -0.39 is 144 Å². The number of rotatable bonds is 29. The topological polar surface area (TPSA) is 621 Å². The van der Waals surface area contributed by atoms with Gasteiger partial charge in [-0.15, -0.1) is 0 Å². The van der Waals surface area contributed by atoms with Crippen LogP contribution in [-0.4, -0.2) is 151 Å². The first kappa shape index (κ1) is 75.3. The molecule has 3 aromatic carbocycles. The number of hydrogen-bond donors (Lipinski definition) is 14. The highest BCUT2D eigenvalue weighted by molar-refractivity contribution is 7.86. The zero-order chi connectivity index (χ0) is 71.6. The van der Waals surface area contributed by atoms with Crippen LogP contribution in [0.1, 0.15) is 109 Å². The van der Waals surface area contributed by atoms with Crippen LogP contribution < -0.4 is 42.2 Å². The molecule has 1 fully saturated rings. The number of amides is 1. The lowest BCUT2D eigenvalue weighted by Gasteiger charge is -2.34. The van der Waals surface area contributed by atoms with Crippen LogP contribution in [0.15, 0.2) is 65.7 Å². The number of carbonyl (C=O) groups is 2. The number of nitrogens with two attached hydrogens (primary N) is 1. The number of aromatic amines is 1. The Morgan fingerprint density at radius 3 is 2.01 bits per heavy atom. The lowest BCUT2D eigenvalue weighted by Crippen LogP contribution is -2.89. The second kappa shape index (κ2) is 27.6. The van der Waals surface area contributed by atoms with Gasteiger partial charge in [-0.2, -0.15) is 35.0 Å². The smallest absolute Gasteiger partial charge is 0.490 e. The quantitative estimate of drug-likeness (QED) is 0.0181. The number of nitrogens with one attached hydrogen (secondary N) is 4. The van der Waals surface area contributed by atoms with Crippen LogP contribution in [-0.2, 0) is 83.0 Å². The van der Waals surface area contributed by atoms with E-state index in [2.05, 4.69) is 61.2 Å². The number of aliphatic hydroxyl groups excluding tert-OH is 1. The van der Waals surface area contributed by atoms with Crippen molar-refractivity contribution < 1.29 is 148 Å². The molecule has 0 aliphatic carbocycles. The summed E-state index contributed by atoms with van der Waals surface area (Å²) in [4.78, 5) is 112. The molecule has 6 heterocycles. The van der Waals surface area contributed by atoms with Crippen molar-refractivity contribution in [3.8, 4) is 11.5 Å². The van der Waals surface area contributed by atoms with E-state index in [4.69, 9.17) is 15.2 Å². The average Bonchev–Trinajstić information content (AvgIpc) is 1.27. The summed E-state index contributed by atoms with van der Waals surface area (Å²) >= 11 is 0. The largest absolute Gasteiger partial charge is 0.748 e. The molecule has 9 rings (SSSR count). The number of anilines is 2. The van der Waals surface area contributed by atoms with E-state index in [0.717, 1.165) is 12.4 Å². The number of benzene rings is 3. The Balaban J connectivity index is 0.778. The van der Waals surface area contributed by atoms with Crippen LogP contribution in [0.25, 0.3) is 27.9 Å². The van der Waals surface area contributed by atoms with E-state index >= 15 is 0 Å².